The van der Waals surface area contributed by atoms with Gasteiger partial charge in [-0.3, -0.25) is 4.79 Å². The summed E-state index contributed by atoms with van der Waals surface area (Å²) in [6.45, 7) is 0. The average Bonchev–Trinajstić information content (AvgIpc) is 2.50. The van der Waals surface area contributed by atoms with Crippen molar-refractivity contribution in [3.63, 3.8) is 0 Å². The molecule has 1 aliphatic carbocycles. The second kappa shape index (κ2) is 5.28. The van der Waals surface area contributed by atoms with Crippen LogP contribution in [-0.2, 0) is 4.79 Å². The van der Waals surface area contributed by atoms with Crippen LogP contribution in [0.25, 0.3) is 6.08 Å². The van der Waals surface area contributed by atoms with Crippen molar-refractivity contribution in [1.29, 1.82) is 0 Å². The Morgan fingerprint density at radius 3 is 2.71 bits per heavy atom. The lowest BCUT2D eigenvalue weighted by molar-refractivity contribution is -0.121. The van der Waals surface area contributed by atoms with Gasteiger partial charge in [-0.15, -0.1) is 0 Å². The average molecular weight is 230 g/mol. The molecule has 1 aliphatic rings. The van der Waals surface area contributed by atoms with Crippen molar-refractivity contribution in [3.8, 4) is 0 Å². The molecule has 0 radical (unpaired) electrons. The Kier molecular flexibility index (Phi) is 3.75. The lowest BCUT2D eigenvalue weighted by Gasteiger charge is -2.21. The molecule has 0 spiro atoms. The molecule has 90 valence electrons. The van der Waals surface area contributed by atoms with Crippen molar-refractivity contribution in [2.45, 2.75) is 37.7 Å². The third-order valence-corrected chi connectivity index (χ3v) is 3.20. The van der Waals surface area contributed by atoms with Crippen LogP contribution in [0.5, 0.6) is 0 Å². The van der Waals surface area contributed by atoms with Gasteiger partial charge in [-0.1, -0.05) is 42.5 Å². The number of Topliss-reactive ketones (excluding diaryl/α,β-unsaturated/α-hetero) is 1. The minimum Gasteiger partial charge on any atom is -0.385 e. The van der Waals surface area contributed by atoms with E-state index >= 15 is 0 Å². The fourth-order valence-electron chi connectivity index (χ4n) is 2.23. The monoisotopic (exact) mass is 230 g/mol. The quantitative estimate of drug-likeness (QED) is 0.793. The molecule has 0 saturated heterocycles. The van der Waals surface area contributed by atoms with Crippen molar-refractivity contribution in [3.05, 3.63) is 42.0 Å². The van der Waals surface area contributed by atoms with E-state index in [1.54, 1.807) is 6.08 Å². The zero-order chi connectivity index (χ0) is 12.1. The van der Waals surface area contributed by atoms with Crippen LogP contribution < -0.4 is 0 Å². The highest BCUT2D eigenvalue weighted by molar-refractivity contribution is 5.80. The topological polar surface area (TPSA) is 37.3 Å². The molecule has 2 nitrogen and oxygen atoms in total. The highest BCUT2D eigenvalue weighted by Gasteiger charge is 2.28. The van der Waals surface area contributed by atoms with Crippen molar-refractivity contribution < 1.29 is 9.90 Å². The van der Waals surface area contributed by atoms with Crippen LogP contribution in [0.3, 0.4) is 0 Å². The highest BCUT2D eigenvalue weighted by atomic mass is 16.3. The van der Waals surface area contributed by atoms with Gasteiger partial charge in [-0.25, -0.2) is 0 Å². The van der Waals surface area contributed by atoms with Crippen LogP contribution in [-0.4, -0.2) is 16.5 Å². The second-order valence-corrected chi connectivity index (χ2v) is 4.77. The Morgan fingerprint density at radius 2 is 1.94 bits per heavy atom. The summed E-state index contributed by atoms with van der Waals surface area (Å²) in [5.74, 6) is 0.169. The minimum atomic E-state index is -0.941. The number of carbonyl (C=O) groups is 1. The Bertz CT molecular complexity index is 408. The van der Waals surface area contributed by atoms with Gasteiger partial charge >= 0.3 is 0 Å². The first-order valence-electron chi connectivity index (χ1n) is 6.16. The van der Waals surface area contributed by atoms with E-state index in [4.69, 9.17) is 0 Å². The van der Waals surface area contributed by atoms with Crippen LogP contribution in [0.4, 0.5) is 0 Å². The predicted octanol–water partition coefficient (Wildman–Crippen LogP) is 2.96. The molecule has 0 bridgehead atoms. The Balaban J connectivity index is 2.10. The number of rotatable bonds is 2. The van der Waals surface area contributed by atoms with Crippen molar-refractivity contribution >= 4 is 11.9 Å². The molecule has 0 amide bonds. The summed E-state index contributed by atoms with van der Waals surface area (Å²) in [5.41, 5.74) is 0.112. The first-order chi connectivity index (χ1) is 8.18. The standard InChI is InChI=1S/C15H18O2/c16-14-8-4-5-10-15(17,12-14)11-9-13-6-2-1-3-7-13/h1-3,6-7,9,11,17H,4-5,8,10,12H2/b11-9+/t15-/m0/s1. The highest BCUT2D eigenvalue weighted by Crippen LogP contribution is 2.27. The van der Waals surface area contributed by atoms with E-state index in [-0.39, 0.29) is 12.2 Å². The fourth-order valence-corrected chi connectivity index (χ4v) is 2.23. The molecule has 17 heavy (non-hydrogen) atoms. The SMILES string of the molecule is O=C1CCCC[C@](O)(/C=C/c2ccccc2)C1. The van der Waals surface area contributed by atoms with Gasteiger partial charge < -0.3 is 5.11 Å². The van der Waals surface area contributed by atoms with E-state index in [2.05, 4.69) is 0 Å². The Labute approximate surface area is 102 Å². The molecule has 1 N–H and O–H groups in total. The van der Waals surface area contributed by atoms with Crippen LogP contribution in [0, 0.1) is 0 Å². The molecule has 1 atom stereocenters. The van der Waals surface area contributed by atoms with Crippen molar-refractivity contribution in [1.82, 2.24) is 0 Å². The van der Waals surface area contributed by atoms with Gasteiger partial charge in [0.15, 0.2) is 0 Å². The van der Waals surface area contributed by atoms with Crippen LogP contribution in [0.15, 0.2) is 36.4 Å². The van der Waals surface area contributed by atoms with Gasteiger partial charge in [0.05, 0.1) is 5.60 Å². The fraction of sp³-hybridized carbons (Fsp3) is 0.400. The van der Waals surface area contributed by atoms with Gasteiger partial charge in [0.1, 0.15) is 5.78 Å². The molecule has 0 aromatic heterocycles. The maximum Gasteiger partial charge on any atom is 0.136 e. The first kappa shape index (κ1) is 12.1. The Hall–Kier alpha value is -1.41. The summed E-state index contributed by atoms with van der Waals surface area (Å²) in [6.07, 6.45) is 7.06. The lowest BCUT2D eigenvalue weighted by atomic mass is 9.93. The van der Waals surface area contributed by atoms with Gasteiger partial charge in [0.25, 0.3) is 0 Å². The molecule has 2 rings (SSSR count). The number of hydrogen-bond acceptors (Lipinski definition) is 2. The zero-order valence-corrected chi connectivity index (χ0v) is 9.93. The van der Waals surface area contributed by atoms with E-state index in [9.17, 15) is 9.90 Å². The normalized spacial score (nSPS) is 26.1. The smallest absolute Gasteiger partial charge is 0.136 e. The summed E-state index contributed by atoms with van der Waals surface area (Å²) < 4.78 is 0. The first-order valence-corrected chi connectivity index (χ1v) is 6.16. The number of benzene rings is 1. The van der Waals surface area contributed by atoms with Gasteiger partial charge in [0.2, 0.25) is 0 Å². The van der Waals surface area contributed by atoms with E-state index in [0.717, 1.165) is 18.4 Å². The maximum atomic E-state index is 11.5. The zero-order valence-electron chi connectivity index (χ0n) is 9.93. The third-order valence-electron chi connectivity index (χ3n) is 3.20. The van der Waals surface area contributed by atoms with Crippen LogP contribution >= 0.6 is 0 Å². The number of hydrogen-bond donors (Lipinski definition) is 1. The summed E-state index contributed by atoms with van der Waals surface area (Å²) in [4.78, 5) is 11.5. The molecule has 0 unspecified atom stereocenters. The number of aliphatic hydroxyl groups is 1. The molecule has 1 aromatic rings. The molecule has 2 heteroatoms. The van der Waals surface area contributed by atoms with E-state index < -0.39 is 5.60 Å². The predicted molar refractivity (Wildman–Crippen MR) is 68.5 cm³/mol. The third kappa shape index (κ3) is 3.53. The maximum absolute atomic E-state index is 11.5. The van der Waals surface area contributed by atoms with Crippen molar-refractivity contribution in [2.24, 2.45) is 0 Å². The summed E-state index contributed by atoms with van der Waals surface area (Å²) in [6, 6.07) is 9.85. The Morgan fingerprint density at radius 1 is 1.18 bits per heavy atom. The number of ketones is 1. The van der Waals surface area contributed by atoms with E-state index in [1.807, 2.05) is 36.4 Å². The van der Waals surface area contributed by atoms with Crippen LogP contribution in [0.2, 0.25) is 0 Å². The van der Waals surface area contributed by atoms with Gasteiger partial charge in [-0.05, 0) is 24.8 Å². The second-order valence-electron chi connectivity index (χ2n) is 4.77. The van der Waals surface area contributed by atoms with Gasteiger partial charge in [0, 0.05) is 12.8 Å². The summed E-state index contributed by atoms with van der Waals surface area (Å²) in [7, 11) is 0. The molecule has 0 heterocycles. The van der Waals surface area contributed by atoms with E-state index in [0.29, 0.717) is 12.8 Å². The molecular weight excluding hydrogens is 212 g/mol. The van der Waals surface area contributed by atoms with Crippen molar-refractivity contribution in [2.75, 3.05) is 0 Å². The molecule has 1 saturated carbocycles. The summed E-state index contributed by atoms with van der Waals surface area (Å²) in [5, 5.41) is 10.4. The molecular formula is C15H18O2. The molecule has 0 aliphatic heterocycles. The lowest BCUT2D eigenvalue weighted by Crippen LogP contribution is -2.27. The van der Waals surface area contributed by atoms with Crippen LogP contribution in [0.1, 0.15) is 37.7 Å². The minimum absolute atomic E-state index is 0.169. The molecule has 1 fully saturated rings. The number of carbonyl (C=O) groups excluding carboxylic acids is 1. The largest absolute Gasteiger partial charge is 0.385 e. The van der Waals surface area contributed by atoms with E-state index in [1.165, 1.54) is 0 Å². The summed E-state index contributed by atoms with van der Waals surface area (Å²) >= 11 is 0. The molecule has 1 aromatic carbocycles. The van der Waals surface area contributed by atoms with Gasteiger partial charge in [-0.2, -0.15) is 0 Å².